The number of amides is 1. The fraction of sp³-hybridized carbons (Fsp3) is 0.100. The zero-order chi connectivity index (χ0) is 18.6. The molecule has 0 bridgehead atoms. The summed E-state index contributed by atoms with van der Waals surface area (Å²) < 4.78 is 16.8. The number of hydrogen-bond donors (Lipinski definition) is 1. The second-order valence-electron chi connectivity index (χ2n) is 5.81. The lowest BCUT2D eigenvalue weighted by molar-refractivity contribution is -0.130. The summed E-state index contributed by atoms with van der Waals surface area (Å²) in [6, 6.07) is 18.1. The molecule has 0 unspecified atom stereocenters. The van der Waals surface area contributed by atoms with Gasteiger partial charge in [-0.2, -0.15) is 5.10 Å². The molecule has 2 aromatic carbocycles. The largest absolute Gasteiger partial charge is 0.485 e. The van der Waals surface area contributed by atoms with Gasteiger partial charge in [-0.05, 0) is 36.4 Å². The van der Waals surface area contributed by atoms with E-state index in [0.717, 1.165) is 5.56 Å². The number of hydrazone groups is 1. The number of para-hydroxylation sites is 2. The van der Waals surface area contributed by atoms with Gasteiger partial charge in [0.05, 0.1) is 6.21 Å². The molecule has 1 aliphatic heterocycles. The zero-order valence-electron chi connectivity index (χ0n) is 14.1. The minimum atomic E-state index is -0.768. The number of hydrogen-bond acceptors (Lipinski definition) is 5. The molecule has 3 aromatic rings. The van der Waals surface area contributed by atoms with Crippen molar-refractivity contribution in [3.05, 3.63) is 71.4 Å². The summed E-state index contributed by atoms with van der Waals surface area (Å²) in [5, 5.41) is 4.54. The molecule has 4 rings (SSSR count). The van der Waals surface area contributed by atoms with E-state index in [1.165, 1.54) is 6.21 Å². The molecule has 0 saturated carbocycles. The number of nitrogens with one attached hydrogen (secondary N) is 1. The lowest BCUT2D eigenvalue weighted by Crippen LogP contribution is -2.42. The summed E-state index contributed by atoms with van der Waals surface area (Å²) in [4.78, 5) is 12.2. The third-order valence-electron chi connectivity index (χ3n) is 3.90. The highest BCUT2D eigenvalue weighted by Gasteiger charge is 2.26. The van der Waals surface area contributed by atoms with Gasteiger partial charge in [-0.1, -0.05) is 35.9 Å². The highest BCUT2D eigenvalue weighted by Crippen LogP contribution is 2.30. The average Bonchev–Trinajstić information content (AvgIpc) is 3.16. The molecule has 7 heteroatoms. The first-order chi connectivity index (χ1) is 13.2. The Balaban J connectivity index is 1.36. The van der Waals surface area contributed by atoms with Gasteiger partial charge < -0.3 is 13.9 Å². The van der Waals surface area contributed by atoms with Gasteiger partial charge >= 0.3 is 0 Å². The van der Waals surface area contributed by atoms with Crippen molar-refractivity contribution in [3.8, 4) is 22.8 Å². The van der Waals surface area contributed by atoms with Crippen LogP contribution in [0.1, 0.15) is 5.76 Å². The van der Waals surface area contributed by atoms with Crippen molar-refractivity contribution >= 4 is 23.7 Å². The minimum Gasteiger partial charge on any atom is -0.485 e. The third-order valence-corrected chi connectivity index (χ3v) is 4.14. The van der Waals surface area contributed by atoms with E-state index in [2.05, 4.69) is 10.5 Å². The van der Waals surface area contributed by atoms with E-state index in [1.807, 2.05) is 30.3 Å². The second-order valence-corrected chi connectivity index (χ2v) is 6.25. The average molecular weight is 383 g/mol. The molecule has 1 atom stereocenters. The highest BCUT2D eigenvalue weighted by atomic mass is 35.5. The zero-order valence-corrected chi connectivity index (χ0v) is 14.8. The molecule has 136 valence electrons. The normalized spacial score (nSPS) is 15.7. The van der Waals surface area contributed by atoms with Crippen LogP contribution < -0.4 is 14.9 Å². The van der Waals surface area contributed by atoms with Crippen LogP contribution in [0.2, 0.25) is 5.02 Å². The maximum absolute atomic E-state index is 12.2. The Morgan fingerprint density at radius 1 is 1.11 bits per heavy atom. The maximum atomic E-state index is 12.2. The molecule has 0 spiro atoms. The second kappa shape index (κ2) is 7.55. The van der Waals surface area contributed by atoms with Crippen molar-refractivity contribution in [3.63, 3.8) is 0 Å². The Morgan fingerprint density at radius 3 is 2.81 bits per heavy atom. The van der Waals surface area contributed by atoms with Crippen LogP contribution in [0.5, 0.6) is 11.5 Å². The van der Waals surface area contributed by atoms with E-state index in [0.29, 0.717) is 28.0 Å². The van der Waals surface area contributed by atoms with E-state index in [4.69, 9.17) is 25.5 Å². The van der Waals surface area contributed by atoms with E-state index in [9.17, 15) is 4.79 Å². The van der Waals surface area contributed by atoms with Crippen LogP contribution in [-0.2, 0) is 4.79 Å². The quantitative estimate of drug-likeness (QED) is 0.548. The molecule has 0 aliphatic carbocycles. The van der Waals surface area contributed by atoms with Crippen LogP contribution in [0.25, 0.3) is 11.3 Å². The molecule has 0 saturated heterocycles. The molecule has 0 radical (unpaired) electrons. The monoisotopic (exact) mass is 382 g/mol. The third kappa shape index (κ3) is 3.96. The van der Waals surface area contributed by atoms with Crippen molar-refractivity contribution in [2.45, 2.75) is 6.10 Å². The fourth-order valence-electron chi connectivity index (χ4n) is 2.60. The van der Waals surface area contributed by atoms with Crippen LogP contribution in [0.4, 0.5) is 0 Å². The van der Waals surface area contributed by atoms with Crippen molar-refractivity contribution < 1.29 is 18.7 Å². The van der Waals surface area contributed by atoms with Crippen molar-refractivity contribution in [2.75, 3.05) is 6.61 Å². The Kier molecular flexibility index (Phi) is 4.80. The molecular weight excluding hydrogens is 368 g/mol. The first-order valence-electron chi connectivity index (χ1n) is 8.26. The molecule has 27 heavy (non-hydrogen) atoms. The van der Waals surface area contributed by atoms with Crippen molar-refractivity contribution in [2.24, 2.45) is 5.10 Å². The van der Waals surface area contributed by atoms with Crippen LogP contribution in [0, 0.1) is 0 Å². The predicted octanol–water partition coefficient (Wildman–Crippen LogP) is 3.89. The number of rotatable bonds is 4. The molecule has 1 N–H and O–H groups in total. The molecule has 0 fully saturated rings. The van der Waals surface area contributed by atoms with Crippen molar-refractivity contribution in [1.82, 2.24) is 5.43 Å². The molecule has 2 heterocycles. The van der Waals surface area contributed by atoms with Crippen molar-refractivity contribution in [1.29, 1.82) is 0 Å². The number of carbonyl (C=O) groups is 1. The number of benzene rings is 2. The number of carbonyl (C=O) groups excluding carboxylic acids is 1. The molecule has 1 aromatic heterocycles. The summed E-state index contributed by atoms with van der Waals surface area (Å²) >= 11 is 5.99. The van der Waals surface area contributed by atoms with Gasteiger partial charge in [-0.25, -0.2) is 5.43 Å². The van der Waals surface area contributed by atoms with Gasteiger partial charge in [0.15, 0.2) is 11.5 Å². The van der Waals surface area contributed by atoms with Gasteiger partial charge in [0.1, 0.15) is 18.1 Å². The van der Waals surface area contributed by atoms with E-state index >= 15 is 0 Å². The standard InChI is InChI=1S/C20H15ClN2O4/c21-14-5-3-4-13(10-14)16-9-8-15(26-16)11-22-23-20(24)19-12-25-17-6-1-2-7-18(17)27-19/h1-11,19H,12H2,(H,23,24)/b22-11+/t19-/m0/s1. The Labute approximate surface area is 160 Å². The Hall–Kier alpha value is -3.25. The fourth-order valence-corrected chi connectivity index (χ4v) is 2.79. The first kappa shape index (κ1) is 17.2. The molecule has 1 aliphatic rings. The molecule has 6 nitrogen and oxygen atoms in total. The molecular formula is C20H15ClN2O4. The van der Waals surface area contributed by atoms with E-state index < -0.39 is 12.0 Å². The summed E-state index contributed by atoms with van der Waals surface area (Å²) in [5.74, 6) is 1.91. The van der Waals surface area contributed by atoms with Crippen LogP contribution in [-0.4, -0.2) is 24.8 Å². The van der Waals surface area contributed by atoms with Gasteiger partial charge in [-0.3, -0.25) is 4.79 Å². The van der Waals surface area contributed by atoms with Gasteiger partial charge in [0, 0.05) is 10.6 Å². The number of fused-ring (bicyclic) bond motifs is 1. The smallest absolute Gasteiger partial charge is 0.284 e. The van der Waals surface area contributed by atoms with E-state index in [1.54, 1.807) is 30.3 Å². The highest BCUT2D eigenvalue weighted by molar-refractivity contribution is 6.30. The number of halogens is 1. The topological polar surface area (TPSA) is 73.1 Å². The summed E-state index contributed by atoms with van der Waals surface area (Å²) in [7, 11) is 0. The van der Waals surface area contributed by atoms with Gasteiger partial charge in [0.2, 0.25) is 6.10 Å². The number of nitrogens with zero attached hydrogens (tertiary/aromatic N) is 1. The molecule has 1 amide bonds. The summed E-state index contributed by atoms with van der Waals surface area (Å²) in [5.41, 5.74) is 3.29. The van der Waals surface area contributed by atoms with Crippen LogP contribution >= 0.6 is 11.6 Å². The van der Waals surface area contributed by atoms with Gasteiger partial charge in [0.25, 0.3) is 5.91 Å². The van der Waals surface area contributed by atoms with Gasteiger partial charge in [-0.15, -0.1) is 0 Å². The summed E-state index contributed by atoms with van der Waals surface area (Å²) in [6.45, 7) is 0.123. The predicted molar refractivity (Wildman–Crippen MR) is 101 cm³/mol. The minimum absolute atomic E-state index is 0.123. The number of furan rings is 1. The summed E-state index contributed by atoms with van der Waals surface area (Å²) in [6.07, 6.45) is 0.652. The first-order valence-corrected chi connectivity index (χ1v) is 8.64. The van der Waals surface area contributed by atoms with Crippen LogP contribution in [0.3, 0.4) is 0 Å². The lowest BCUT2D eigenvalue weighted by Gasteiger charge is -2.24. The lowest BCUT2D eigenvalue weighted by atomic mass is 10.2. The maximum Gasteiger partial charge on any atom is 0.284 e. The Morgan fingerprint density at radius 2 is 1.96 bits per heavy atom. The van der Waals surface area contributed by atoms with Crippen LogP contribution in [0.15, 0.2) is 70.2 Å². The Bertz CT molecular complexity index is 999. The number of ether oxygens (including phenoxy) is 2. The van der Waals surface area contributed by atoms with E-state index in [-0.39, 0.29) is 6.61 Å². The SMILES string of the molecule is O=C(N/N=C/c1ccc(-c2cccc(Cl)c2)o1)[C@@H]1COc2ccccc2O1.